The van der Waals surface area contributed by atoms with Gasteiger partial charge in [-0.25, -0.2) is 9.98 Å². The SMILES string of the molecule is NC1=NC(CC2CC2)(c2cccc(C(F)(F)F)n2)NC(=NCC2CC2)N1. The molecule has 0 spiro atoms. The van der Waals surface area contributed by atoms with Gasteiger partial charge >= 0.3 is 6.18 Å². The third-order valence-electron chi connectivity index (χ3n) is 4.83. The summed E-state index contributed by atoms with van der Waals surface area (Å²) in [5.41, 5.74) is 4.10. The molecule has 1 aromatic heterocycles. The van der Waals surface area contributed by atoms with Gasteiger partial charge in [0.15, 0.2) is 17.6 Å². The number of rotatable bonds is 5. The van der Waals surface area contributed by atoms with Crippen molar-refractivity contribution in [1.82, 2.24) is 15.6 Å². The fraction of sp³-hybridized carbons (Fsp3) is 0.588. The molecule has 3 aliphatic rings. The van der Waals surface area contributed by atoms with Gasteiger partial charge in [-0.15, -0.1) is 0 Å². The molecule has 2 saturated carbocycles. The molecule has 0 radical (unpaired) electrons. The molecule has 4 rings (SSSR count). The number of nitrogens with one attached hydrogen (secondary N) is 2. The minimum Gasteiger partial charge on any atom is -0.370 e. The van der Waals surface area contributed by atoms with E-state index in [1.165, 1.54) is 6.07 Å². The molecule has 2 fully saturated rings. The minimum absolute atomic E-state index is 0.137. The summed E-state index contributed by atoms with van der Waals surface area (Å²) in [5.74, 6) is 1.55. The number of alkyl halides is 3. The average Bonchev–Trinajstić information content (AvgIpc) is 3.47. The summed E-state index contributed by atoms with van der Waals surface area (Å²) in [6.07, 6.45) is 0.388. The normalized spacial score (nSPS) is 27.7. The number of aliphatic imine (C=N–C) groups is 2. The van der Waals surface area contributed by atoms with Crippen molar-refractivity contribution in [3.05, 3.63) is 29.6 Å². The Kier molecular flexibility index (Phi) is 4.04. The van der Waals surface area contributed by atoms with Gasteiger partial charge in [-0.3, -0.25) is 10.3 Å². The largest absolute Gasteiger partial charge is 0.433 e. The van der Waals surface area contributed by atoms with Crippen LogP contribution in [0.1, 0.15) is 43.5 Å². The van der Waals surface area contributed by atoms with Crippen LogP contribution in [0, 0.1) is 11.8 Å². The lowest BCUT2D eigenvalue weighted by atomic mass is 9.97. The summed E-state index contributed by atoms with van der Waals surface area (Å²) >= 11 is 0. The fourth-order valence-corrected chi connectivity index (χ4v) is 3.10. The van der Waals surface area contributed by atoms with Crippen LogP contribution in [-0.4, -0.2) is 23.4 Å². The van der Waals surface area contributed by atoms with Gasteiger partial charge in [0, 0.05) is 6.54 Å². The Morgan fingerprint density at radius 1 is 1.19 bits per heavy atom. The Balaban J connectivity index is 1.70. The second kappa shape index (κ2) is 6.14. The quantitative estimate of drug-likeness (QED) is 0.746. The molecule has 1 aromatic rings. The number of hydrogen-bond acceptors (Lipinski definition) is 4. The molecule has 9 heteroatoms. The fourth-order valence-electron chi connectivity index (χ4n) is 3.10. The predicted octanol–water partition coefficient (Wildman–Crippen LogP) is 2.33. The Morgan fingerprint density at radius 2 is 1.92 bits per heavy atom. The molecule has 4 N–H and O–H groups in total. The van der Waals surface area contributed by atoms with Gasteiger partial charge in [0.05, 0.1) is 5.69 Å². The van der Waals surface area contributed by atoms with Crippen molar-refractivity contribution in [3.63, 3.8) is 0 Å². The summed E-state index contributed by atoms with van der Waals surface area (Å²) in [5, 5.41) is 6.07. The number of nitrogens with zero attached hydrogens (tertiary/aromatic N) is 3. The Hall–Kier alpha value is -2.32. The van der Waals surface area contributed by atoms with Gasteiger partial charge in [-0.2, -0.15) is 13.2 Å². The van der Waals surface area contributed by atoms with Crippen LogP contribution in [0.4, 0.5) is 13.2 Å². The maximum atomic E-state index is 13.1. The van der Waals surface area contributed by atoms with Crippen molar-refractivity contribution in [2.24, 2.45) is 27.6 Å². The molecule has 0 amide bonds. The summed E-state index contributed by atoms with van der Waals surface area (Å²) in [6, 6.07) is 3.88. The van der Waals surface area contributed by atoms with E-state index in [0.29, 0.717) is 30.8 Å². The molecular formula is C17H21F3N6. The zero-order chi connectivity index (χ0) is 18.4. The summed E-state index contributed by atoms with van der Waals surface area (Å²) in [6.45, 7) is 0.665. The first kappa shape index (κ1) is 17.1. The predicted molar refractivity (Wildman–Crippen MR) is 91.2 cm³/mol. The van der Waals surface area contributed by atoms with E-state index in [1.54, 1.807) is 6.07 Å². The van der Waals surface area contributed by atoms with Gasteiger partial charge in [-0.1, -0.05) is 18.9 Å². The van der Waals surface area contributed by atoms with Crippen LogP contribution in [0.25, 0.3) is 0 Å². The van der Waals surface area contributed by atoms with Gasteiger partial charge in [0.2, 0.25) is 0 Å². The van der Waals surface area contributed by atoms with Crippen LogP contribution >= 0.6 is 0 Å². The highest BCUT2D eigenvalue weighted by Crippen LogP contribution is 2.42. The maximum Gasteiger partial charge on any atom is 0.433 e. The van der Waals surface area contributed by atoms with E-state index in [-0.39, 0.29) is 11.7 Å². The highest BCUT2D eigenvalue weighted by Gasteiger charge is 2.44. The summed E-state index contributed by atoms with van der Waals surface area (Å²) in [4.78, 5) is 12.8. The van der Waals surface area contributed by atoms with Gasteiger partial charge < -0.3 is 11.1 Å². The number of hydrogen-bond donors (Lipinski definition) is 3. The molecule has 2 aliphatic carbocycles. The second-order valence-electron chi connectivity index (χ2n) is 7.29. The van der Waals surface area contributed by atoms with Gasteiger partial charge in [0.1, 0.15) is 5.69 Å². The number of aromatic nitrogens is 1. The Morgan fingerprint density at radius 3 is 2.58 bits per heavy atom. The van der Waals surface area contributed by atoms with Crippen molar-refractivity contribution in [2.75, 3.05) is 6.54 Å². The molecule has 26 heavy (non-hydrogen) atoms. The zero-order valence-corrected chi connectivity index (χ0v) is 14.2. The molecule has 1 atom stereocenters. The van der Waals surface area contributed by atoms with E-state index in [2.05, 4.69) is 25.6 Å². The molecule has 6 nitrogen and oxygen atoms in total. The molecule has 1 aliphatic heterocycles. The Labute approximate surface area is 149 Å². The smallest absolute Gasteiger partial charge is 0.370 e. The Bertz CT molecular complexity index is 751. The number of guanidine groups is 2. The average molecular weight is 366 g/mol. The molecule has 0 saturated heterocycles. The van der Waals surface area contributed by atoms with Gasteiger partial charge in [-0.05, 0) is 43.2 Å². The van der Waals surface area contributed by atoms with E-state index in [0.717, 1.165) is 31.7 Å². The molecule has 0 bridgehead atoms. The lowest BCUT2D eigenvalue weighted by molar-refractivity contribution is -0.141. The van der Waals surface area contributed by atoms with Crippen LogP contribution in [0.5, 0.6) is 0 Å². The second-order valence-corrected chi connectivity index (χ2v) is 7.29. The van der Waals surface area contributed by atoms with Crippen LogP contribution in [-0.2, 0) is 11.8 Å². The zero-order valence-electron chi connectivity index (χ0n) is 14.2. The van der Waals surface area contributed by atoms with Crippen molar-refractivity contribution in [1.29, 1.82) is 0 Å². The van der Waals surface area contributed by atoms with E-state index < -0.39 is 17.5 Å². The standard InChI is InChI=1S/C17H21F3N6/c18-17(19,20)13-3-1-2-12(23-13)16(8-10-4-5-10)25-14(21)24-15(26-16)22-9-11-6-7-11/h1-3,10-11H,4-9H2,(H4,21,22,24,25,26). The third-order valence-corrected chi connectivity index (χ3v) is 4.83. The molecule has 0 aromatic carbocycles. The van der Waals surface area contributed by atoms with E-state index in [9.17, 15) is 13.2 Å². The summed E-state index contributed by atoms with van der Waals surface area (Å²) < 4.78 is 39.4. The van der Waals surface area contributed by atoms with E-state index in [1.807, 2.05) is 0 Å². The molecule has 2 heterocycles. The lowest BCUT2D eigenvalue weighted by Gasteiger charge is -2.36. The lowest BCUT2D eigenvalue weighted by Crippen LogP contribution is -2.59. The first-order valence-electron chi connectivity index (χ1n) is 8.84. The number of halogens is 3. The van der Waals surface area contributed by atoms with Crippen LogP contribution in [0.3, 0.4) is 0 Å². The first-order chi connectivity index (χ1) is 12.3. The van der Waals surface area contributed by atoms with E-state index in [4.69, 9.17) is 5.73 Å². The molecular weight excluding hydrogens is 345 g/mol. The van der Waals surface area contributed by atoms with Crippen molar-refractivity contribution in [3.8, 4) is 0 Å². The van der Waals surface area contributed by atoms with Crippen LogP contribution in [0.2, 0.25) is 0 Å². The third kappa shape index (κ3) is 3.76. The van der Waals surface area contributed by atoms with E-state index >= 15 is 0 Å². The van der Waals surface area contributed by atoms with Crippen molar-refractivity contribution in [2.45, 2.75) is 43.9 Å². The highest BCUT2D eigenvalue weighted by atomic mass is 19.4. The molecule has 140 valence electrons. The van der Waals surface area contributed by atoms with Gasteiger partial charge in [0.25, 0.3) is 0 Å². The topological polar surface area (TPSA) is 87.7 Å². The highest BCUT2D eigenvalue weighted by molar-refractivity contribution is 6.00. The maximum absolute atomic E-state index is 13.1. The van der Waals surface area contributed by atoms with Crippen LogP contribution in [0.15, 0.2) is 28.2 Å². The number of pyridine rings is 1. The molecule has 1 unspecified atom stereocenters. The summed E-state index contributed by atoms with van der Waals surface area (Å²) in [7, 11) is 0. The number of nitrogens with two attached hydrogens (primary N) is 1. The minimum atomic E-state index is -4.51. The van der Waals surface area contributed by atoms with Crippen molar-refractivity contribution >= 4 is 11.9 Å². The monoisotopic (exact) mass is 366 g/mol. The van der Waals surface area contributed by atoms with Crippen LogP contribution < -0.4 is 16.4 Å². The first-order valence-corrected chi connectivity index (χ1v) is 8.84. The van der Waals surface area contributed by atoms with Crippen molar-refractivity contribution < 1.29 is 13.2 Å².